The van der Waals surface area contributed by atoms with Gasteiger partial charge in [-0.25, -0.2) is 0 Å². The summed E-state index contributed by atoms with van der Waals surface area (Å²) >= 11 is 0. The second kappa shape index (κ2) is 8.04. The molecule has 0 bridgehead atoms. The van der Waals surface area contributed by atoms with Crippen LogP contribution in [0.25, 0.3) is 0 Å². The van der Waals surface area contributed by atoms with Crippen molar-refractivity contribution < 1.29 is 9.90 Å². The number of phenols is 1. The lowest BCUT2D eigenvalue weighted by atomic mass is 9.81. The number of carbonyl (C=O) groups is 1. The fraction of sp³-hybridized carbons (Fsp3) is 0.476. The summed E-state index contributed by atoms with van der Waals surface area (Å²) in [6.45, 7) is 8.29. The van der Waals surface area contributed by atoms with Crippen LogP contribution in [0.1, 0.15) is 50.9 Å². The van der Waals surface area contributed by atoms with Gasteiger partial charge in [0.15, 0.2) is 5.75 Å². The topological polar surface area (TPSA) is 98.7 Å². The van der Waals surface area contributed by atoms with E-state index >= 15 is 0 Å². The van der Waals surface area contributed by atoms with Crippen LogP contribution in [0, 0.1) is 5.41 Å². The van der Waals surface area contributed by atoms with Crippen LogP contribution in [-0.4, -0.2) is 36.1 Å². The van der Waals surface area contributed by atoms with Crippen LogP contribution in [0.5, 0.6) is 5.75 Å². The Hall–Kier alpha value is -2.83. The third kappa shape index (κ3) is 4.03. The first-order valence-electron chi connectivity index (χ1n) is 9.41. The average molecular weight is 387 g/mol. The van der Waals surface area contributed by atoms with E-state index in [0.29, 0.717) is 0 Å². The van der Waals surface area contributed by atoms with Gasteiger partial charge in [0.1, 0.15) is 11.4 Å². The zero-order valence-corrected chi connectivity index (χ0v) is 17.3. The van der Waals surface area contributed by atoms with Gasteiger partial charge in [-0.3, -0.25) is 14.4 Å². The van der Waals surface area contributed by atoms with Crippen LogP contribution in [0.15, 0.2) is 27.8 Å². The smallest absolute Gasteiger partial charge is 0.257 e. The summed E-state index contributed by atoms with van der Waals surface area (Å²) in [4.78, 5) is 37.7. The van der Waals surface area contributed by atoms with Gasteiger partial charge >= 0.3 is 0 Å². The van der Waals surface area contributed by atoms with E-state index in [9.17, 15) is 19.5 Å². The Morgan fingerprint density at radius 1 is 1.18 bits per heavy atom. The zero-order valence-electron chi connectivity index (χ0n) is 17.3. The van der Waals surface area contributed by atoms with Crippen LogP contribution >= 0.6 is 0 Å². The van der Waals surface area contributed by atoms with E-state index in [-0.39, 0.29) is 45.7 Å². The number of nitrogens with zero attached hydrogens (tertiary/aromatic N) is 1. The van der Waals surface area contributed by atoms with E-state index in [2.05, 4.69) is 31.4 Å². The second-order valence-electron chi connectivity index (χ2n) is 8.04. The van der Waals surface area contributed by atoms with Gasteiger partial charge in [0.05, 0.1) is 11.3 Å². The van der Waals surface area contributed by atoms with Gasteiger partial charge in [0, 0.05) is 20.1 Å². The molecule has 1 amide bonds. The van der Waals surface area contributed by atoms with E-state index < -0.39 is 10.9 Å². The largest absolute Gasteiger partial charge is 0.505 e. The fourth-order valence-electron chi connectivity index (χ4n) is 3.11. The molecule has 0 aliphatic rings. The van der Waals surface area contributed by atoms with Crippen molar-refractivity contribution in [2.45, 2.75) is 46.6 Å². The summed E-state index contributed by atoms with van der Waals surface area (Å²) in [6.07, 6.45) is 1.98. The highest BCUT2D eigenvalue weighted by Gasteiger charge is 2.30. The lowest BCUT2D eigenvalue weighted by Gasteiger charge is -2.33. The molecule has 2 rings (SSSR count). The molecule has 0 heterocycles. The minimum atomic E-state index is -0.647. The molecule has 152 valence electrons. The Kier molecular flexibility index (Phi) is 6.17. The Bertz CT molecular complexity index is 940. The number of amides is 1. The molecule has 2 aromatic carbocycles. The highest BCUT2D eigenvalue weighted by atomic mass is 16.3. The van der Waals surface area contributed by atoms with Crippen LogP contribution < -0.4 is 21.5 Å². The van der Waals surface area contributed by atoms with E-state index in [4.69, 9.17) is 0 Å². The molecule has 0 spiro atoms. The summed E-state index contributed by atoms with van der Waals surface area (Å²) in [6, 6.07) is 4.61. The molecule has 0 saturated heterocycles. The minimum Gasteiger partial charge on any atom is -0.505 e. The maximum Gasteiger partial charge on any atom is 0.257 e. The molecule has 0 fully saturated rings. The molecule has 2 aromatic rings. The van der Waals surface area contributed by atoms with Gasteiger partial charge in [-0.15, -0.1) is 0 Å². The predicted octanol–water partition coefficient (Wildman–Crippen LogP) is 3.06. The molecule has 0 aliphatic heterocycles. The average Bonchev–Trinajstić information content (AvgIpc) is 2.64. The van der Waals surface area contributed by atoms with Crippen LogP contribution in [0.2, 0.25) is 0 Å². The summed E-state index contributed by atoms with van der Waals surface area (Å²) < 4.78 is 0. The number of para-hydroxylation sites is 1. The van der Waals surface area contributed by atoms with Crippen molar-refractivity contribution in [1.29, 1.82) is 0 Å². The van der Waals surface area contributed by atoms with E-state index in [1.54, 1.807) is 26.2 Å². The summed E-state index contributed by atoms with van der Waals surface area (Å²) in [7, 11) is 3.17. The van der Waals surface area contributed by atoms with Crippen molar-refractivity contribution in [3.8, 4) is 5.75 Å². The molecular weight excluding hydrogens is 358 g/mol. The van der Waals surface area contributed by atoms with Crippen molar-refractivity contribution in [1.82, 2.24) is 4.90 Å². The van der Waals surface area contributed by atoms with E-state index in [0.717, 1.165) is 12.8 Å². The monoisotopic (exact) mass is 387 g/mol. The van der Waals surface area contributed by atoms with Crippen molar-refractivity contribution in [2.75, 3.05) is 24.7 Å². The van der Waals surface area contributed by atoms with Crippen molar-refractivity contribution >= 4 is 23.0 Å². The molecule has 1 unspecified atom stereocenters. The van der Waals surface area contributed by atoms with Crippen LogP contribution in [0.4, 0.5) is 17.1 Å². The number of aromatic hydroxyl groups is 1. The normalized spacial score (nSPS) is 12.6. The van der Waals surface area contributed by atoms with Gasteiger partial charge in [-0.1, -0.05) is 33.3 Å². The van der Waals surface area contributed by atoms with Gasteiger partial charge in [0.2, 0.25) is 0 Å². The lowest BCUT2D eigenvalue weighted by Crippen LogP contribution is -2.42. The number of hydrogen-bond donors (Lipinski definition) is 3. The zero-order chi connectivity index (χ0) is 21.2. The Balaban J connectivity index is 2.32. The molecule has 0 aromatic heterocycles. The SMILES string of the molecule is CCCC(C)(C)C(C)Nc1c(Nc2cccc(C(=O)N(C)C)c2O)c(=O)c1=O. The standard InChI is InChI=1S/C21H29N3O4/c1-7-11-21(3,4)12(2)22-15-16(19(27)18(15)26)23-14-10-8-9-13(17(14)25)20(28)24(5)6/h8-10,12,22-23,25H,7,11H2,1-6H3. The Morgan fingerprint density at radius 3 is 2.36 bits per heavy atom. The number of rotatable bonds is 8. The number of benzene rings is 1. The van der Waals surface area contributed by atoms with Gasteiger partial charge in [-0.05, 0) is 30.9 Å². The second-order valence-corrected chi connectivity index (χ2v) is 8.04. The van der Waals surface area contributed by atoms with Gasteiger partial charge in [-0.2, -0.15) is 0 Å². The Morgan fingerprint density at radius 2 is 1.79 bits per heavy atom. The number of carbonyl (C=O) groups excluding carboxylic acids is 1. The summed E-state index contributed by atoms with van der Waals surface area (Å²) in [5, 5.41) is 16.4. The third-order valence-electron chi connectivity index (χ3n) is 5.27. The van der Waals surface area contributed by atoms with Crippen LogP contribution in [0.3, 0.4) is 0 Å². The number of nitrogens with one attached hydrogen (secondary N) is 2. The molecule has 28 heavy (non-hydrogen) atoms. The van der Waals surface area contributed by atoms with E-state index in [1.807, 2.05) is 6.92 Å². The molecule has 3 N–H and O–H groups in total. The Labute approximate surface area is 165 Å². The molecular formula is C21H29N3O4. The number of phenolic OH excluding ortho intramolecular Hbond substituents is 1. The number of hydrogen-bond acceptors (Lipinski definition) is 6. The molecule has 7 heteroatoms. The number of anilines is 3. The fourth-order valence-corrected chi connectivity index (χ4v) is 3.11. The first-order valence-corrected chi connectivity index (χ1v) is 9.41. The van der Waals surface area contributed by atoms with Crippen molar-refractivity contribution in [2.24, 2.45) is 5.41 Å². The summed E-state index contributed by atoms with van der Waals surface area (Å²) in [5.74, 6) is -0.626. The molecule has 7 nitrogen and oxygen atoms in total. The quantitative estimate of drug-likeness (QED) is 0.476. The van der Waals surface area contributed by atoms with Crippen molar-refractivity contribution in [3.63, 3.8) is 0 Å². The van der Waals surface area contributed by atoms with Crippen molar-refractivity contribution in [3.05, 3.63) is 44.2 Å². The lowest BCUT2D eigenvalue weighted by molar-refractivity contribution is 0.0824. The maximum atomic E-state index is 12.2. The highest BCUT2D eigenvalue weighted by Crippen LogP contribution is 2.34. The first kappa shape index (κ1) is 21.5. The van der Waals surface area contributed by atoms with Gasteiger partial charge in [0.25, 0.3) is 16.8 Å². The van der Waals surface area contributed by atoms with Crippen LogP contribution in [-0.2, 0) is 0 Å². The molecule has 0 radical (unpaired) electrons. The van der Waals surface area contributed by atoms with Gasteiger partial charge < -0.3 is 20.6 Å². The molecule has 1 atom stereocenters. The minimum absolute atomic E-state index is 0.0356. The molecule has 0 saturated carbocycles. The highest BCUT2D eigenvalue weighted by molar-refractivity contribution is 5.99. The summed E-state index contributed by atoms with van der Waals surface area (Å²) in [5.41, 5.74) is -0.664. The maximum absolute atomic E-state index is 12.2. The molecule has 0 aliphatic carbocycles. The van der Waals surface area contributed by atoms with E-state index in [1.165, 1.54) is 11.0 Å². The first-order chi connectivity index (χ1) is 13.0. The third-order valence-corrected chi connectivity index (χ3v) is 5.27. The predicted molar refractivity (Wildman–Crippen MR) is 113 cm³/mol.